The highest BCUT2D eigenvalue weighted by Crippen LogP contribution is 2.26. The van der Waals surface area contributed by atoms with E-state index in [1.807, 2.05) is 45.0 Å². The topological polar surface area (TPSA) is 87.7 Å². The van der Waals surface area contributed by atoms with Crippen molar-refractivity contribution in [2.45, 2.75) is 117 Å². The first-order valence-corrected chi connectivity index (χ1v) is 13.7. The number of hydrogen-bond acceptors (Lipinski definition) is 4. The Morgan fingerprint density at radius 2 is 1.64 bits per heavy atom. The maximum Gasteiger partial charge on any atom is 0.408 e. The first kappa shape index (κ1) is 29.7. The molecule has 2 unspecified atom stereocenters. The monoisotopic (exact) mass is 501 g/mol. The van der Waals surface area contributed by atoms with E-state index < -0.39 is 23.8 Å². The van der Waals surface area contributed by atoms with Crippen molar-refractivity contribution in [3.05, 3.63) is 35.4 Å². The molecule has 202 valence electrons. The maximum absolute atomic E-state index is 14.0. The second kappa shape index (κ2) is 13.7. The van der Waals surface area contributed by atoms with Gasteiger partial charge in [0.1, 0.15) is 17.7 Å². The number of nitrogens with zero attached hydrogens (tertiary/aromatic N) is 1. The van der Waals surface area contributed by atoms with Crippen LogP contribution in [0.1, 0.15) is 104 Å². The van der Waals surface area contributed by atoms with Crippen LogP contribution in [0, 0.1) is 5.92 Å². The number of nitrogens with one attached hydrogen (secondary N) is 2. The molecule has 2 N–H and O–H groups in total. The number of rotatable bonds is 10. The maximum atomic E-state index is 14.0. The molecule has 1 aromatic carbocycles. The van der Waals surface area contributed by atoms with Gasteiger partial charge in [-0.25, -0.2) is 4.79 Å². The highest BCUT2D eigenvalue weighted by molar-refractivity contribution is 5.92. The summed E-state index contributed by atoms with van der Waals surface area (Å²) in [5.41, 5.74) is 1.27. The van der Waals surface area contributed by atoms with E-state index in [-0.39, 0.29) is 23.8 Å². The van der Waals surface area contributed by atoms with Gasteiger partial charge in [-0.2, -0.15) is 0 Å². The van der Waals surface area contributed by atoms with E-state index in [4.69, 9.17) is 4.74 Å². The molecule has 36 heavy (non-hydrogen) atoms. The van der Waals surface area contributed by atoms with Crippen LogP contribution in [0.4, 0.5) is 4.79 Å². The molecule has 1 aromatic rings. The summed E-state index contributed by atoms with van der Waals surface area (Å²) >= 11 is 0. The van der Waals surface area contributed by atoms with Crippen LogP contribution >= 0.6 is 0 Å². The molecule has 1 fully saturated rings. The Bertz CT molecular complexity index is 854. The molecule has 1 aliphatic carbocycles. The van der Waals surface area contributed by atoms with Crippen LogP contribution in [-0.2, 0) is 20.7 Å². The molecule has 0 radical (unpaired) electrons. The first-order chi connectivity index (χ1) is 17.0. The minimum absolute atomic E-state index is 0.128. The molecule has 1 saturated carbocycles. The number of aryl methyl sites for hydroxylation is 1. The molecular weight excluding hydrogens is 454 g/mol. The van der Waals surface area contributed by atoms with Crippen molar-refractivity contribution in [2.24, 2.45) is 5.92 Å². The van der Waals surface area contributed by atoms with Gasteiger partial charge in [0.2, 0.25) is 11.8 Å². The molecular formula is C29H47N3O4. The summed E-state index contributed by atoms with van der Waals surface area (Å²) in [4.78, 5) is 42.0. The van der Waals surface area contributed by atoms with Crippen LogP contribution in [-0.4, -0.2) is 47.0 Å². The van der Waals surface area contributed by atoms with Crippen molar-refractivity contribution >= 4 is 17.9 Å². The van der Waals surface area contributed by atoms with Crippen LogP contribution < -0.4 is 10.6 Å². The molecule has 7 nitrogen and oxygen atoms in total. The van der Waals surface area contributed by atoms with Crippen LogP contribution in [0.2, 0.25) is 0 Å². The predicted molar refractivity (Wildman–Crippen MR) is 144 cm³/mol. The lowest BCUT2D eigenvalue weighted by atomic mass is 9.94. The average molecular weight is 502 g/mol. The summed E-state index contributed by atoms with van der Waals surface area (Å²) in [6, 6.07) is 6.48. The van der Waals surface area contributed by atoms with Crippen molar-refractivity contribution in [2.75, 3.05) is 6.54 Å². The first-order valence-electron chi connectivity index (χ1n) is 13.7. The van der Waals surface area contributed by atoms with Gasteiger partial charge in [-0.15, -0.1) is 0 Å². The van der Waals surface area contributed by atoms with Gasteiger partial charge in [-0.05, 0) is 63.5 Å². The summed E-state index contributed by atoms with van der Waals surface area (Å²) in [5.74, 6) is -0.623. The van der Waals surface area contributed by atoms with Crippen LogP contribution in [0.15, 0.2) is 24.3 Å². The van der Waals surface area contributed by atoms with E-state index >= 15 is 0 Å². The molecule has 0 spiro atoms. The van der Waals surface area contributed by atoms with Gasteiger partial charge in [-0.1, -0.05) is 71.2 Å². The highest BCUT2D eigenvalue weighted by atomic mass is 16.6. The summed E-state index contributed by atoms with van der Waals surface area (Å²) in [7, 11) is 0. The van der Waals surface area contributed by atoms with Gasteiger partial charge in [-0.3, -0.25) is 9.59 Å². The summed E-state index contributed by atoms with van der Waals surface area (Å²) in [6.07, 6.45) is 6.27. The fraction of sp³-hybridized carbons (Fsp3) is 0.690. The number of benzene rings is 1. The third kappa shape index (κ3) is 8.82. The molecule has 2 atom stereocenters. The molecule has 7 heteroatoms. The zero-order valence-electron chi connectivity index (χ0n) is 23.4. The van der Waals surface area contributed by atoms with Crippen LogP contribution in [0.3, 0.4) is 0 Å². The third-order valence-electron chi connectivity index (χ3n) is 6.57. The van der Waals surface area contributed by atoms with Gasteiger partial charge >= 0.3 is 6.09 Å². The van der Waals surface area contributed by atoms with Gasteiger partial charge in [0.25, 0.3) is 0 Å². The number of amides is 3. The Hall–Kier alpha value is -2.57. The third-order valence-corrected chi connectivity index (χ3v) is 6.57. The summed E-state index contributed by atoms with van der Waals surface area (Å²) in [6.45, 7) is 13.6. The fourth-order valence-corrected chi connectivity index (χ4v) is 4.67. The van der Waals surface area contributed by atoms with E-state index in [1.165, 1.54) is 12.0 Å². The van der Waals surface area contributed by atoms with Gasteiger partial charge in [0.05, 0.1) is 0 Å². The SMILES string of the molecule is CCCN(C(=O)C(NC(=O)OC(C)(C)C)C(C)C)C(C(=O)NC1CCCCC1)c1ccc(CC)cc1. The standard InChI is InChI=1S/C29H47N3O4/c1-8-19-32(27(34)24(20(3)4)31-28(35)36-29(5,6)7)25(22-17-15-21(9-2)16-18-22)26(33)30-23-13-11-10-12-14-23/h15-18,20,23-25H,8-14,19H2,1-7H3,(H,30,33)(H,31,35). The molecule has 0 bridgehead atoms. The summed E-state index contributed by atoms with van der Waals surface area (Å²) < 4.78 is 5.43. The second-order valence-electron chi connectivity index (χ2n) is 11.2. The van der Waals surface area contributed by atoms with Crippen molar-refractivity contribution in [3.63, 3.8) is 0 Å². The Morgan fingerprint density at radius 1 is 1.03 bits per heavy atom. The normalized spacial score (nSPS) is 16.2. The number of carbonyl (C=O) groups is 3. The molecule has 0 aliphatic heterocycles. The number of alkyl carbamates (subject to hydrolysis) is 1. The lowest BCUT2D eigenvalue weighted by Crippen LogP contribution is -2.55. The Morgan fingerprint density at radius 3 is 2.14 bits per heavy atom. The quantitative estimate of drug-likeness (QED) is 0.441. The van der Waals surface area contributed by atoms with Gasteiger partial charge in [0, 0.05) is 12.6 Å². The largest absolute Gasteiger partial charge is 0.444 e. The Kier molecular flexibility index (Phi) is 11.3. The van der Waals surface area contributed by atoms with Crippen molar-refractivity contribution in [1.82, 2.24) is 15.5 Å². The molecule has 0 aromatic heterocycles. The Labute approximate surface area is 217 Å². The number of ether oxygens (including phenoxy) is 1. The minimum Gasteiger partial charge on any atom is -0.444 e. The minimum atomic E-state index is -0.814. The van der Waals surface area contributed by atoms with E-state index in [0.717, 1.165) is 37.7 Å². The van der Waals surface area contributed by atoms with Crippen LogP contribution in [0.5, 0.6) is 0 Å². The van der Waals surface area contributed by atoms with E-state index in [0.29, 0.717) is 13.0 Å². The van der Waals surface area contributed by atoms with E-state index in [9.17, 15) is 14.4 Å². The average Bonchev–Trinajstić information content (AvgIpc) is 2.81. The van der Waals surface area contributed by atoms with E-state index in [2.05, 4.69) is 17.6 Å². The summed E-state index contributed by atoms with van der Waals surface area (Å²) in [5, 5.41) is 6.01. The zero-order chi connectivity index (χ0) is 26.9. The van der Waals surface area contributed by atoms with E-state index in [1.54, 1.807) is 25.7 Å². The van der Waals surface area contributed by atoms with Crippen molar-refractivity contribution < 1.29 is 19.1 Å². The smallest absolute Gasteiger partial charge is 0.408 e. The predicted octanol–water partition coefficient (Wildman–Crippen LogP) is 5.53. The molecule has 2 rings (SSSR count). The Balaban J connectivity index is 2.40. The number of carbonyl (C=O) groups excluding carboxylic acids is 3. The number of hydrogen-bond donors (Lipinski definition) is 2. The van der Waals surface area contributed by atoms with Gasteiger partial charge < -0.3 is 20.3 Å². The lowest BCUT2D eigenvalue weighted by Gasteiger charge is -2.36. The molecule has 1 aliphatic rings. The fourth-order valence-electron chi connectivity index (χ4n) is 4.67. The van der Waals surface area contributed by atoms with Crippen molar-refractivity contribution in [1.29, 1.82) is 0 Å². The van der Waals surface area contributed by atoms with Gasteiger partial charge in [0.15, 0.2) is 0 Å². The molecule has 0 heterocycles. The highest BCUT2D eigenvalue weighted by Gasteiger charge is 2.37. The second-order valence-corrected chi connectivity index (χ2v) is 11.2. The lowest BCUT2D eigenvalue weighted by molar-refractivity contribution is -0.143. The molecule has 3 amide bonds. The van der Waals surface area contributed by atoms with Crippen molar-refractivity contribution in [3.8, 4) is 0 Å². The molecule has 0 saturated heterocycles. The van der Waals surface area contributed by atoms with Crippen LogP contribution in [0.25, 0.3) is 0 Å². The zero-order valence-corrected chi connectivity index (χ0v) is 23.4.